The average Bonchev–Trinajstić information content (AvgIpc) is 2.96. The zero-order chi connectivity index (χ0) is 29.5. The number of nitrogens with two attached hydrogens (primary N) is 1. The lowest BCUT2D eigenvalue weighted by Gasteiger charge is -2.21. The van der Waals surface area contributed by atoms with Crippen molar-refractivity contribution in [1.29, 1.82) is 0 Å². The summed E-state index contributed by atoms with van der Waals surface area (Å²) < 4.78 is 0. The van der Waals surface area contributed by atoms with E-state index in [0.717, 1.165) is 32.1 Å². The fourth-order valence-electron chi connectivity index (χ4n) is 5.51. The van der Waals surface area contributed by atoms with Gasteiger partial charge in [0.05, 0.1) is 12.1 Å². The fraction of sp³-hybridized carbons (Fsp3) is 0.917. The standard InChI is InChI=1S/C36H71NO3/c1-3-5-7-9-11-13-15-17-18-20-22-24-26-28-30-32-34(39)36(40)35(37)33(38)31-29-27-25-23-21-19-16-14-12-10-8-6-4-2/h29,31,33,35-36,38,40H,3-28,30,32,37H2,1-2H3/b31-29+/t33-,35-,36?/m1/s1. The van der Waals surface area contributed by atoms with E-state index in [-0.39, 0.29) is 5.78 Å². The lowest BCUT2D eigenvalue weighted by molar-refractivity contribution is -0.129. The Kier molecular flexibility index (Phi) is 30.7. The van der Waals surface area contributed by atoms with Crippen LogP contribution in [0.15, 0.2) is 12.2 Å². The molecular formula is C36H71NO3. The summed E-state index contributed by atoms with van der Waals surface area (Å²) in [4.78, 5) is 12.3. The molecule has 0 amide bonds. The van der Waals surface area contributed by atoms with Crippen molar-refractivity contribution in [2.45, 2.75) is 212 Å². The predicted octanol–water partition coefficient (Wildman–Crippen LogP) is 10.1. The van der Waals surface area contributed by atoms with Crippen molar-refractivity contribution in [3.8, 4) is 0 Å². The van der Waals surface area contributed by atoms with Crippen LogP contribution in [0.2, 0.25) is 0 Å². The quantitative estimate of drug-likeness (QED) is 0.0559. The Morgan fingerprint density at radius 3 is 1.25 bits per heavy atom. The van der Waals surface area contributed by atoms with Crippen LogP contribution in [-0.2, 0) is 4.79 Å². The van der Waals surface area contributed by atoms with E-state index in [0.29, 0.717) is 6.42 Å². The first-order chi connectivity index (χ1) is 19.5. The van der Waals surface area contributed by atoms with Crippen LogP contribution in [0.1, 0.15) is 194 Å². The summed E-state index contributed by atoms with van der Waals surface area (Å²) in [6.07, 6.45) is 36.4. The summed E-state index contributed by atoms with van der Waals surface area (Å²) in [5.41, 5.74) is 5.99. The molecule has 238 valence electrons. The minimum Gasteiger partial charge on any atom is -0.387 e. The number of hydrogen-bond donors (Lipinski definition) is 3. The minimum atomic E-state index is -1.28. The predicted molar refractivity (Wildman–Crippen MR) is 175 cm³/mol. The number of ketones is 1. The van der Waals surface area contributed by atoms with Crippen LogP contribution < -0.4 is 5.73 Å². The SMILES string of the molecule is CCCCCCCCCCCCC/C=C/[C@@H](O)[C@@H](N)C(O)C(=O)CCCCCCCCCCCCCCCCC. The third-order valence-electron chi connectivity index (χ3n) is 8.42. The van der Waals surface area contributed by atoms with Crippen molar-refractivity contribution in [1.82, 2.24) is 0 Å². The maximum Gasteiger partial charge on any atom is 0.162 e. The molecule has 0 aromatic carbocycles. The molecule has 0 aliphatic heterocycles. The number of Topliss-reactive ketones (excluding diaryl/α,β-unsaturated/α-hetero) is 1. The Balaban J connectivity index is 3.62. The zero-order valence-corrected chi connectivity index (χ0v) is 27.1. The monoisotopic (exact) mass is 566 g/mol. The lowest BCUT2D eigenvalue weighted by atomic mass is 9.97. The number of carbonyl (C=O) groups is 1. The van der Waals surface area contributed by atoms with E-state index in [4.69, 9.17) is 5.73 Å². The summed E-state index contributed by atoms with van der Waals surface area (Å²) in [6, 6.07) is -0.947. The molecule has 4 N–H and O–H groups in total. The first-order valence-electron chi connectivity index (χ1n) is 17.9. The molecule has 0 heterocycles. The van der Waals surface area contributed by atoms with Gasteiger partial charge in [-0.25, -0.2) is 0 Å². The first kappa shape index (κ1) is 39.3. The molecule has 4 nitrogen and oxygen atoms in total. The molecule has 0 radical (unpaired) electrons. The normalized spacial score (nSPS) is 14.1. The summed E-state index contributed by atoms with van der Waals surface area (Å²) in [5, 5.41) is 20.6. The Bertz CT molecular complexity index is 550. The zero-order valence-electron chi connectivity index (χ0n) is 27.1. The second-order valence-electron chi connectivity index (χ2n) is 12.4. The van der Waals surface area contributed by atoms with E-state index in [1.54, 1.807) is 6.08 Å². The highest BCUT2D eigenvalue weighted by molar-refractivity contribution is 5.83. The van der Waals surface area contributed by atoms with Crippen LogP contribution >= 0.6 is 0 Å². The molecule has 0 rings (SSSR count). The molecule has 0 aromatic rings. The van der Waals surface area contributed by atoms with Crippen LogP contribution in [0.25, 0.3) is 0 Å². The summed E-state index contributed by atoms with van der Waals surface area (Å²) in [6.45, 7) is 4.53. The van der Waals surface area contributed by atoms with E-state index in [1.807, 2.05) is 6.08 Å². The number of allylic oxidation sites excluding steroid dienone is 1. The number of unbranched alkanes of at least 4 members (excludes halogenated alkanes) is 25. The highest BCUT2D eigenvalue weighted by atomic mass is 16.3. The van der Waals surface area contributed by atoms with Crippen LogP contribution in [-0.4, -0.2) is 34.2 Å². The fourth-order valence-corrected chi connectivity index (χ4v) is 5.51. The third kappa shape index (κ3) is 26.2. The Hall–Kier alpha value is -0.710. The molecule has 0 saturated carbocycles. The van der Waals surface area contributed by atoms with Crippen molar-refractivity contribution in [3.63, 3.8) is 0 Å². The van der Waals surface area contributed by atoms with Gasteiger partial charge in [0.1, 0.15) is 6.10 Å². The van der Waals surface area contributed by atoms with Gasteiger partial charge in [-0.1, -0.05) is 180 Å². The van der Waals surface area contributed by atoms with Gasteiger partial charge in [-0.15, -0.1) is 0 Å². The molecule has 3 atom stereocenters. The molecule has 0 aromatic heterocycles. The van der Waals surface area contributed by atoms with E-state index in [2.05, 4.69) is 13.8 Å². The van der Waals surface area contributed by atoms with Crippen molar-refractivity contribution in [2.75, 3.05) is 0 Å². The van der Waals surface area contributed by atoms with Gasteiger partial charge in [-0.05, 0) is 19.3 Å². The number of hydrogen-bond acceptors (Lipinski definition) is 4. The second-order valence-corrected chi connectivity index (χ2v) is 12.4. The van der Waals surface area contributed by atoms with Crippen LogP contribution in [0, 0.1) is 0 Å². The van der Waals surface area contributed by atoms with Gasteiger partial charge in [-0.2, -0.15) is 0 Å². The molecule has 0 saturated heterocycles. The number of carbonyl (C=O) groups excluding carboxylic acids is 1. The highest BCUT2D eigenvalue weighted by Crippen LogP contribution is 2.15. The van der Waals surface area contributed by atoms with E-state index in [9.17, 15) is 15.0 Å². The lowest BCUT2D eigenvalue weighted by Crippen LogP contribution is -2.47. The maximum atomic E-state index is 12.3. The van der Waals surface area contributed by atoms with Crippen LogP contribution in [0.3, 0.4) is 0 Å². The van der Waals surface area contributed by atoms with Gasteiger partial charge in [0.2, 0.25) is 0 Å². The van der Waals surface area contributed by atoms with E-state index >= 15 is 0 Å². The molecule has 0 aliphatic carbocycles. The Labute approximate surface area is 250 Å². The Morgan fingerprint density at radius 2 is 0.875 bits per heavy atom. The smallest absolute Gasteiger partial charge is 0.162 e. The van der Waals surface area contributed by atoms with E-state index in [1.165, 1.54) is 141 Å². The largest absolute Gasteiger partial charge is 0.387 e. The molecule has 1 unspecified atom stereocenters. The van der Waals surface area contributed by atoms with E-state index < -0.39 is 18.2 Å². The second kappa shape index (κ2) is 31.2. The first-order valence-corrected chi connectivity index (χ1v) is 17.9. The van der Waals surface area contributed by atoms with Crippen LogP contribution in [0.4, 0.5) is 0 Å². The van der Waals surface area contributed by atoms with Crippen molar-refractivity contribution in [2.24, 2.45) is 5.73 Å². The molecule has 0 bridgehead atoms. The van der Waals surface area contributed by atoms with Gasteiger partial charge >= 0.3 is 0 Å². The number of aliphatic hydroxyl groups is 2. The van der Waals surface area contributed by atoms with Crippen molar-refractivity contribution in [3.05, 3.63) is 12.2 Å². The summed E-state index contributed by atoms with van der Waals surface area (Å²) in [7, 11) is 0. The molecule has 40 heavy (non-hydrogen) atoms. The molecule has 0 spiro atoms. The number of rotatable bonds is 32. The van der Waals surface area contributed by atoms with Gasteiger partial charge in [0.25, 0.3) is 0 Å². The van der Waals surface area contributed by atoms with Gasteiger partial charge in [0, 0.05) is 6.42 Å². The van der Waals surface area contributed by atoms with Crippen molar-refractivity contribution >= 4 is 5.78 Å². The van der Waals surface area contributed by atoms with Crippen LogP contribution in [0.5, 0.6) is 0 Å². The molecule has 0 aliphatic rings. The topological polar surface area (TPSA) is 83.6 Å². The molecule has 0 fully saturated rings. The summed E-state index contributed by atoms with van der Waals surface area (Å²) >= 11 is 0. The van der Waals surface area contributed by atoms with Crippen molar-refractivity contribution < 1.29 is 15.0 Å². The Morgan fingerprint density at radius 1 is 0.550 bits per heavy atom. The van der Waals surface area contributed by atoms with Gasteiger partial charge in [0.15, 0.2) is 5.78 Å². The van der Waals surface area contributed by atoms with Gasteiger partial charge in [-0.3, -0.25) is 4.79 Å². The summed E-state index contributed by atoms with van der Waals surface area (Å²) in [5.74, 6) is -0.236. The number of aliphatic hydroxyl groups excluding tert-OH is 2. The minimum absolute atomic E-state index is 0.236. The average molecular weight is 566 g/mol. The highest BCUT2D eigenvalue weighted by Gasteiger charge is 2.26. The molecule has 4 heteroatoms. The molecular weight excluding hydrogens is 494 g/mol. The maximum absolute atomic E-state index is 12.3. The third-order valence-corrected chi connectivity index (χ3v) is 8.42. The van der Waals surface area contributed by atoms with Gasteiger partial charge < -0.3 is 15.9 Å².